The van der Waals surface area contributed by atoms with E-state index in [0.717, 1.165) is 22.4 Å². The zero-order chi connectivity index (χ0) is 21.3. The predicted molar refractivity (Wildman–Crippen MR) is 115 cm³/mol. The van der Waals surface area contributed by atoms with Crippen LogP contribution in [0, 0.1) is 13.8 Å². The highest BCUT2D eigenvalue weighted by Gasteiger charge is 2.16. The monoisotopic (exact) mass is 404 g/mol. The van der Waals surface area contributed by atoms with E-state index >= 15 is 0 Å². The zero-order valence-electron chi connectivity index (χ0n) is 17.7. The van der Waals surface area contributed by atoms with E-state index in [4.69, 9.17) is 14.0 Å². The Morgan fingerprint density at radius 1 is 1.00 bits per heavy atom. The molecule has 0 atom stereocenters. The summed E-state index contributed by atoms with van der Waals surface area (Å²) in [7, 11) is 1.60. The normalized spacial score (nSPS) is 11.1. The first-order valence-electron chi connectivity index (χ1n) is 9.77. The van der Waals surface area contributed by atoms with Crippen LogP contribution in [0.5, 0.6) is 11.5 Å². The van der Waals surface area contributed by atoms with Crippen LogP contribution in [0.1, 0.15) is 25.0 Å². The molecule has 0 radical (unpaired) electrons. The summed E-state index contributed by atoms with van der Waals surface area (Å²) in [6.45, 7) is 8.06. The number of methoxy groups -OCH3 is 1. The van der Waals surface area contributed by atoms with Crippen LogP contribution < -0.4 is 9.47 Å². The lowest BCUT2D eigenvalue weighted by Crippen LogP contribution is -2.06. The van der Waals surface area contributed by atoms with Gasteiger partial charge < -0.3 is 14.0 Å². The number of aromatic amines is 1. The maximum Gasteiger partial charge on any atom is 0.276 e. The Morgan fingerprint density at radius 2 is 1.83 bits per heavy atom. The number of hydrogen-bond acceptors (Lipinski definition) is 6. The van der Waals surface area contributed by atoms with Gasteiger partial charge >= 0.3 is 0 Å². The van der Waals surface area contributed by atoms with Gasteiger partial charge in [0.1, 0.15) is 5.69 Å². The van der Waals surface area contributed by atoms with Gasteiger partial charge in [-0.3, -0.25) is 5.10 Å². The van der Waals surface area contributed by atoms with Crippen molar-refractivity contribution in [1.82, 2.24) is 20.3 Å². The molecule has 7 heteroatoms. The topological polar surface area (TPSA) is 86.1 Å². The molecule has 0 aliphatic carbocycles. The summed E-state index contributed by atoms with van der Waals surface area (Å²) in [6.07, 6.45) is 0.0492. The van der Waals surface area contributed by atoms with E-state index in [2.05, 4.69) is 52.4 Å². The van der Waals surface area contributed by atoms with E-state index < -0.39 is 0 Å². The second-order valence-electron chi connectivity index (χ2n) is 7.44. The Balaban J connectivity index is 1.62. The third-order valence-corrected chi connectivity index (χ3v) is 4.69. The average molecular weight is 404 g/mol. The summed E-state index contributed by atoms with van der Waals surface area (Å²) in [5.41, 5.74) is 5.67. The van der Waals surface area contributed by atoms with Crippen molar-refractivity contribution in [2.45, 2.75) is 33.8 Å². The van der Waals surface area contributed by atoms with E-state index in [1.165, 1.54) is 5.56 Å². The molecule has 0 aliphatic heterocycles. The molecule has 4 rings (SSSR count). The molecule has 0 amide bonds. The Kier molecular flexibility index (Phi) is 5.27. The fraction of sp³-hybridized carbons (Fsp3) is 0.261. The van der Waals surface area contributed by atoms with Crippen molar-refractivity contribution in [1.29, 1.82) is 0 Å². The van der Waals surface area contributed by atoms with E-state index in [1.54, 1.807) is 7.11 Å². The number of aromatic nitrogens is 4. The van der Waals surface area contributed by atoms with Crippen molar-refractivity contribution in [2.24, 2.45) is 0 Å². The molecule has 0 aliphatic rings. The SMILES string of the molecule is COc1cc(-c2noc(-c3cc(-c4cc(C)ccc4C)n[nH]3)n2)ccc1OC(C)C. The predicted octanol–water partition coefficient (Wildman–Crippen LogP) is 5.21. The van der Waals surface area contributed by atoms with Gasteiger partial charge in [0.25, 0.3) is 5.89 Å². The highest BCUT2D eigenvalue weighted by molar-refractivity contribution is 5.69. The summed E-state index contributed by atoms with van der Waals surface area (Å²) >= 11 is 0. The van der Waals surface area contributed by atoms with Crippen molar-refractivity contribution < 1.29 is 14.0 Å². The fourth-order valence-electron chi connectivity index (χ4n) is 3.19. The molecule has 1 N–H and O–H groups in total. The van der Waals surface area contributed by atoms with Gasteiger partial charge in [0.05, 0.1) is 18.9 Å². The van der Waals surface area contributed by atoms with Crippen molar-refractivity contribution in [2.75, 3.05) is 7.11 Å². The van der Waals surface area contributed by atoms with E-state index in [1.807, 2.05) is 38.1 Å². The minimum Gasteiger partial charge on any atom is -0.493 e. The van der Waals surface area contributed by atoms with E-state index in [9.17, 15) is 0 Å². The van der Waals surface area contributed by atoms with Crippen LogP contribution in [0.25, 0.3) is 34.2 Å². The first kappa shape index (κ1) is 19.7. The van der Waals surface area contributed by atoms with Crippen LogP contribution in [0.15, 0.2) is 47.0 Å². The molecular weight excluding hydrogens is 380 g/mol. The van der Waals surface area contributed by atoms with E-state index in [-0.39, 0.29) is 6.10 Å². The van der Waals surface area contributed by atoms with Crippen LogP contribution in [0.3, 0.4) is 0 Å². The summed E-state index contributed by atoms with van der Waals surface area (Å²) in [6, 6.07) is 13.8. The second-order valence-corrected chi connectivity index (χ2v) is 7.44. The lowest BCUT2D eigenvalue weighted by Gasteiger charge is -2.13. The Morgan fingerprint density at radius 3 is 2.60 bits per heavy atom. The van der Waals surface area contributed by atoms with Crippen molar-refractivity contribution >= 4 is 0 Å². The lowest BCUT2D eigenvalue weighted by molar-refractivity contribution is 0.230. The first-order valence-corrected chi connectivity index (χ1v) is 9.77. The van der Waals surface area contributed by atoms with Crippen LogP contribution in [0.2, 0.25) is 0 Å². The highest BCUT2D eigenvalue weighted by atomic mass is 16.5. The molecule has 0 fully saturated rings. The molecule has 0 saturated heterocycles. The van der Waals surface area contributed by atoms with Crippen LogP contribution >= 0.6 is 0 Å². The van der Waals surface area contributed by atoms with Crippen LogP contribution in [-0.2, 0) is 0 Å². The molecule has 154 valence electrons. The van der Waals surface area contributed by atoms with Gasteiger partial charge in [0.15, 0.2) is 11.5 Å². The maximum atomic E-state index is 5.76. The summed E-state index contributed by atoms with van der Waals surface area (Å²) < 4.78 is 16.7. The Bertz CT molecular complexity index is 1180. The summed E-state index contributed by atoms with van der Waals surface area (Å²) in [4.78, 5) is 4.52. The molecule has 0 saturated carbocycles. The minimum absolute atomic E-state index is 0.0492. The summed E-state index contributed by atoms with van der Waals surface area (Å²) in [5.74, 6) is 2.12. The lowest BCUT2D eigenvalue weighted by atomic mass is 10.0. The van der Waals surface area contributed by atoms with Gasteiger partial charge in [0.2, 0.25) is 5.82 Å². The number of H-pyrrole nitrogens is 1. The number of benzene rings is 2. The minimum atomic E-state index is 0.0492. The Hall–Kier alpha value is -3.61. The second kappa shape index (κ2) is 8.02. The van der Waals surface area contributed by atoms with Crippen molar-refractivity contribution in [3.63, 3.8) is 0 Å². The molecular formula is C23H24N4O3. The smallest absolute Gasteiger partial charge is 0.276 e. The van der Waals surface area contributed by atoms with Crippen molar-refractivity contribution in [3.8, 4) is 45.7 Å². The number of ether oxygens (including phenoxy) is 2. The number of nitrogens with one attached hydrogen (secondary N) is 1. The summed E-state index contributed by atoms with van der Waals surface area (Å²) in [5, 5.41) is 11.5. The third kappa shape index (κ3) is 3.91. The molecule has 0 spiro atoms. The molecule has 2 aromatic heterocycles. The fourth-order valence-corrected chi connectivity index (χ4v) is 3.19. The van der Waals surface area contributed by atoms with Gasteiger partial charge in [-0.2, -0.15) is 10.1 Å². The maximum absolute atomic E-state index is 5.76. The number of aryl methyl sites for hydroxylation is 2. The quantitative estimate of drug-likeness (QED) is 0.475. The first-order chi connectivity index (χ1) is 14.4. The standard InChI is InChI=1S/C23H24N4O3/c1-13(2)29-20-9-8-16(11-21(20)28-5)22-24-23(30-27-22)19-12-18(25-26-19)17-10-14(3)6-7-15(17)4/h6-13H,1-5H3,(H,25,26). The molecule has 7 nitrogen and oxygen atoms in total. The van der Waals surface area contributed by atoms with Crippen LogP contribution in [0.4, 0.5) is 0 Å². The Labute approximate surface area is 175 Å². The molecule has 4 aromatic rings. The van der Waals surface area contributed by atoms with Gasteiger partial charge in [-0.15, -0.1) is 0 Å². The molecule has 2 heterocycles. The average Bonchev–Trinajstić information content (AvgIpc) is 3.39. The van der Waals surface area contributed by atoms with Gasteiger partial charge in [0, 0.05) is 11.1 Å². The number of hydrogen-bond donors (Lipinski definition) is 1. The van der Waals surface area contributed by atoms with Crippen molar-refractivity contribution in [3.05, 3.63) is 53.6 Å². The number of nitrogens with zero attached hydrogens (tertiary/aromatic N) is 3. The third-order valence-electron chi connectivity index (χ3n) is 4.69. The van der Waals surface area contributed by atoms with Gasteiger partial charge in [-0.05, 0) is 63.6 Å². The molecule has 0 bridgehead atoms. The molecule has 2 aromatic carbocycles. The van der Waals surface area contributed by atoms with E-state index in [0.29, 0.717) is 28.9 Å². The van der Waals surface area contributed by atoms with Crippen LogP contribution in [-0.4, -0.2) is 33.6 Å². The zero-order valence-corrected chi connectivity index (χ0v) is 17.7. The van der Waals surface area contributed by atoms with Gasteiger partial charge in [-0.1, -0.05) is 22.9 Å². The number of rotatable bonds is 6. The largest absolute Gasteiger partial charge is 0.493 e. The molecule has 0 unspecified atom stereocenters. The van der Waals surface area contributed by atoms with Gasteiger partial charge in [-0.25, -0.2) is 0 Å². The highest BCUT2D eigenvalue weighted by Crippen LogP contribution is 2.33. The molecule has 30 heavy (non-hydrogen) atoms.